The fraction of sp³-hybridized carbons (Fsp3) is 0.636. The zero-order valence-corrected chi connectivity index (χ0v) is 10.0. The van der Waals surface area contributed by atoms with Gasteiger partial charge in [-0.25, -0.2) is 4.68 Å². The van der Waals surface area contributed by atoms with Gasteiger partial charge in [0.2, 0.25) is 0 Å². The molecule has 0 fully saturated rings. The molecule has 0 radical (unpaired) electrons. The van der Waals surface area contributed by atoms with Gasteiger partial charge >= 0.3 is 0 Å². The first-order valence-electron chi connectivity index (χ1n) is 5.65. The zero-order chi connectivity index (χ0) is 11.7. The summed E-state index contributed by atoms with van der Waals surface area (Å²) in [6.07, 6.45) is 1.13. The summed E-state index contributed by atoms with van der Waals surface area (Å²) in [5.41, 5.74) is 0.518. The van der Waals surface area contributed by atoms with Crippen molar-refractivity contribution < 1.29 is 4.79 Å². The summed E-state index contributed by atoms with van der Waals surface area (Å²) in [6, 6.07) is 1.83. The fourth-order valence-corrected chi connectivity index (χ4v) is 1.86. The molecule has 1 amide bonds. The SMILES string of the molecule is CC[C@@H]1CNc2cc(C(=O)N(C)C)nn2C1. The van der Waals surface area contributed by atoms with Gasteiger partial charge in [0, 0.05) is 33.3 Å². The molecule has 0 unspecified atom stereocenters. The second-order valence-corrected chi connectivity index (χ2v) is 4.45. The summed E-state index contributed by atoms with van der Waals surface area (Å²) in [4.78, 5) is 13.3. The van der Waals surface area contributed by atoms with Crippen LogP contribution in [0.2, 0.25) is 0 Å². The van der Waals surface area contributed by atoms with Crippen molar-refractivity contribution in [2.45, 2.75) is 19.9 Å². The second kappa shape index (κ2) is 4.15. The molecule has 88 valence electrons. The number of anilines is 1. The van der Waals surface area contributed by atoms with E-state index in [1.54, 1.807) is 19.0 Å². The lowest BCUT2D eigenvalue weighted by Crippen LogP contribution is -2.27. The lowest BCUT2D eigenvalue weighted by atomic mass is 10.1. The van der Waals surface area contributed by atoms with E-state index in [-0.39, 0.29) is 5.91 Å². The number of hydrogen-bond acceptors (Lipinski definition) is 3. The van der Waals surface area contributed by atoms with Gasteiger partial charge in [-0.05, 0) is 12.3 Å². The first kappa shape index (κ1) is 11.0. The van der Waals surface area contributed by atoms with Gasteiger partial charge in [-0.15, -0.1) is 0 Å². The van der Waals surface area contributed by atoms with Gasteiger partial charge < -0.3 is 10.2 Å². The monoisotopic (exact) mass is 222 g/mol. The highest BCUT2D eigenvalue weighted by Crippen LogP contribution is 2.20. The van der Waals surface area contributed by atoms with Crippen LogP contribution in [0.1, 0.15) is 23.8 Å². The molecule has 1 atom stereocenters. The Morgan fingerprint density at radius 2 is 2.44 bits per heavy atom. The third-order valence-corrected chi connectivity index (χ3v) is 2.99. The van der Waals surface area contributed by atoms with Crippen LogP contribution in [-0.2, 0) is 6.54 Å². The van der Waals surface area contributed by atoms with Crippen molar-refractivity contribution in [3.05, 3.63) is 11.8 Å². The minimum atomic E-state index is -0.0447. The van der Waals surface area contributed by atoms with Crippen molar-refractivity contribution in [2.24, 2.45) is 5.92 Å². The molecular weight excluding hydrogens is 204 g/mol. The maximum Gasteiger partial charge on any atom is 0.273 e. The number of rotatable bonds is 2. The minimum absolute atomic E-state index is 0.0447. The van der Waals surface area contributed by atoms with Crippen molar-refractivity contribution in [2.75, 3.05) is 26.0 Å². The van der Waals surface area contributed by atoms with Crippen molar-refractivity contribution >= 4 is 11.7 Å². The number of hydrogen-bond donors (Lipinski definition) is 1. The predicted molar refractivity (Wildman–Crippen MR) is 62.5 cm³/mol. The first-order valence-corrected chi connectivity index (χ1v) is 5.65. The van der Waals surface area contributed by atoms with E-state index in [1.807, 2.05) is 10.7 Å². The van der Waals surface area contributed by atoms with Crippen LogP contribution in [0.5, 0.6) is 0 Å². The van der Waals surface area contributed by atoms with E-state index in [0.29, 0.717) is 11.6 Å². The molecule has 5 nitrogen and oxygen atoms in total. The quantitative estimate of drug-likeness (QED) is 0.813. The third-order valence-electron chi connectivity index (χ3n) is 2.99. The van der Waals surface area contributed by atoms with Gasteiger partial charge in [-0.1, -0.05) is 6.92 Å². The fourth-order valence-electron chi connectivity index (χ4n) is 1.86. The maximum atomic E-state index is 11.7. The van der Waals surface area contributed by atoms with Crippen LogP contribution in [0, 0.1) is 5.92 Å². The van der Waals surface area contributed by atoms with Crippen LogP contribution < -0.4 is 5.32 Å². The summed E-state index contributed by atoms with van der Waals surface area (Å²) < 4.78 is 1.90. The molecule has 1 N–H and O–H groups in total. The molecular formula is C11H18N4O. The van der Waals surface area contributed by atoms with E-state index in [0.717, 1.165) is 25.3 Å². The second-order valence-electron chi connectivity index (χ2n) is 4.45. The normalized spacial score (nSPS) is 18.8. The molecule has 0 saturated heterocycles. The summed E-state index contributed by atoms with van der Waals surface area (Å²) in [5, 5.41) is 7.64. The van der Waals surface area contributed by atoms with Crippen LogP contribution in [-0.4, -0.2) is 41.2 Å². The highest BCUT2D eigenvalue weighted by molar-refractivity contribution is 5.92. The van der Waals surface area contributed by atoms with Crippen LogP contribution in [0.25, 0.3) is 0 Å². The number of nitrogens with one attached hydrogen (secondary N) is 1. The van der Waals surface area contributed by atoms with E-state index in [2.05, 4.69) is 17.3 Å². The van der Waals surface area contributed by atoms with Crippen molar-refractivity contribution in [3.63, 3.8) is 0 Å². The molecule has 1 aromatic heterocycles. The summed E-state index contributed by atoms with van der Waals surface area (Å²) in [6.45, 7) is 4.05. The van der Waals surface area contributed by atoms with Gasteiger partial charge in [0.25, 0.3) is 5.91 Å². The van der Waals surface area contributed by atoms with Gasteiger partial charge in [-0.2, -0.15) is 5.10 Å². The van der Waals surface area contributed by atoms with Crippen molar-refractivity contribution in [1.29, 1.82) is 0 Å². The Labute approximate surface area is 95.4 Å². The molecule has 1 aliphatic rings. The van der Waals surface area contributed by atoms with Crippen molar-refractivity contribution in [3.8, 4) is 0 Å². The number of aromatic nitrogens is 2. The lowest BCUT2D eigenvalue weighted by molar-refractivity contribution is 0.0821. The molecule has 5 heteroatoms. The average Bonchev–Trinajstić information content (AvgIpc) is 2.69. The number of carbonyl (C=O) groups excluding carboxylic acids is 1. The first-order chi connectivity index (χ1) is 7.61. The molecule has 2 rings (SSSR count). The van der Waals surface area contributed by atoms with Crippen LogP contribution in [0.3, 0.4) is 0 Å². The average molecular weight is 222 g/mol. The maximum absolute atomic E-state index is 11.7. The molecule has 1 aliphatic heterocycles. The van der Waals surface area contributed by atoms with Gasteiger partial charge in [0.05, 0.1) is 0 Å². The number of amides is 1. The molecule has 0 aromatic carbocycles. The highest BCUT2D eigenvalue weighted by atomic mass is 16.2. The molecule has 1 aromatic rings. The Hall–Kier alpha value is -1.52. The Morgan fingerprint density at radius 3 is 3.06 bits per heavy atom. The Kier molecular flexibility index (Phi) is 2.85. The van der Waals surface area contributed by atoms with E-state index in [1.165, 1.54) is 0 Å². The zero-order valence-electron chi connectivity index (χ0n) is 10.0. The molecule has 16 heavy (non-hydrogen) atoms. The predicted octanol–water partition coefficient (Wildman–Crippen LogP) is 1.04. The standard InChI is InChI=1S/C11H18N4O/c1-4-8-6-12-10-5-9(11(16)14(2)3)13-15(10)7-8/h5,8,12H,4,6-7H2,1-3H3/t8-/m1/s1. The van der Waals surface area contributed by atoms with Gasteiger partial charge in [0.1, 0.15) is 5.82 Å². The number of carbonyl (C=O) groups is 1. The topological polar surface area (TPSA) is 50.2 Å². The Bertz CT molecular complexity index is 397. The molecule has 0 aliphatic carbocycles. The van der Waals surface area contributed by atoms with Crippen LogP contribution in [0.15, 0.2) is 6.07 Å². The lowest BCUT2D eigenvalue weighted by Gasteiger charge is -2.23. The van der Waals surface area contributed by atoms with E-state index in [9.17, 15) is 4.79 Å². The molecule has 0 spiro atoms. The van der Waals surface area contributed by atoms with Gasteiger partial charge in [0.15, 0.2) is 5.69 Å². The van der Waals surface area contributed by atoms with Crippen LogP contribution in [0.4, 0.5) is 5.82 Å². The molecule has 0 saturated carbocycles. The largest absolute Gasteiger partial charge is 0.370 e. The summed E-state index contributed by atoms with van der Waals surface area (Å²) in [7, 11) is 3.48. The minimum Gasteiger partial charge on any atom is -0.370 e. The summed E-state index contributed by atoms with van der Waals surface area (Å²) in [5.74, 6) is 1.52. The van der Waals surface area contributed by atoms with Gasteiger partial charge in [-0.3, -0.25) is 4.79 Å². The number of nitrogens with zero attached hydrogens (tertiary/aromatic N) is 3. The van der Waals surface area contributed by atoms with Crippen LogP contribution >= 0.6 is 0 Å². The van der Waals surface area contributed by atoms with Crippen molar-refractivity contribution in [1.82, 2.24) is 14.7 Å². The third kappa shape index (κ3) is 1.89. The molecule has 0 bridgehead atoms. The highest BCUT2D eigenvalue weighted by Gasteiger charge is 2.21. The Morgan fingerprint density at radius 1 is 1.69 bits per heavy atom. The number of fused-ring (bicyclic) bond motifs is 1. The molecule has 2 heterocycles. The van der Waals surface area contributed by atoms with E-state index < -0.39 is 0 Å². The summed E-state index contributed by atoms with van der Waals surface area (Å²) >= 11 is 0. The Balaban J connectivity index is 2.21. The van der Waals surface area contributed by atoms with E-state index >= 15 is 0 Å². The van der Waals surface area contributed by atoms with E-state index in [4.69, 9.17) is 0 Å². The smallest absolute Gasteiger partial charge is 0.273 e.